The Kier molecular flexibility index (Phi) is 3.13. The number of hydrogen-bond donors (Lipinski definition) is 1. The van der Waals surface area contributed by atoms with Crippen LogP contribution in [0.15, 0.2) is 29.0 Å². The number of hydrogen-bond acceptors (Lipinski definition) is 3. The summed E-state index contributed by atoms with van der Waals surface area (Å²) in [5, 5.41) is 10.1. The molecule has 0 saturated heterocycles. The van der Waals surface area contributed by atoms with Gasteiger partial charge in [-0.05, 0) is 24.5 Å². The molecule has 0 aliphatic heterocycles. The molecular weight excluding hydrogens is 218 g/mol. The molecule has 0 fully saturated rings. The van der Waals surface area contributed by atoms with E-state index in [-0.39, 0.29) is 0 Å². The minimum Gasteiger partial charge on any atom is -0.481 e. The SMILES string of the molecule is CC(C)CC(C(=O)O)c1nccc2occc12. The zero-order chi connectivity index (χ0) is 12.4. The van der Waals surface area contributed by atoms with Crippen molar-refractivity contribution in [1.29, 1.82) is 0 Å². The van der Waals surface area contributed by atoms with Crippen molar-refractivity contribution in [2.24, 2.45) is 5.92 Å². The number of aliphatic carboxylic acids is 1. The highest BCUT2D eigenvalue weighted by molar-refractivity contribution is 5.86. The van der Waals surface area contributed by atoms with Gasteiger partial charge in [0.2, 0.25) is 0 Å². The molecule has 2 aromatic heterocycles. The van der Waals surface area contributed by atoms with Crippen molar-refractivity contribution in [2.75, 3.05) is 0 Å². The van der Waals surface area contributed by atoms with Gasteiger partial charge in [0.05, 0.1) is 17.9 Å². The average Bonchev–Trinajstić information content (AvgIpc) is 2.73. The second-order valence-electron chi connectivity index (χ2n) is 4.55. The third kappa shape index (κ3) is 2.30. The fourth-order valence-electron chi connectivity index (χ4n) is 1.99. The number of carboxylic acid groups (broad SMARTS) is 1. The number of pyridine rings is 1. The van der Waals surface area contributed by atoms with Crippen molar-refractivity contribution in [3.63, 3.8) is 0 Å². The molecule has 90 valence electrons. The van der Waals surface area contributed by atoms with Gasteiger partial charge >= 0.3 is 5.97 Å². The summed E-state index contributed by atoms with van der Waals surface area (Å²) in [5.41, 5.74) is 1.28. The number of nitrogens with zero attached hydrogens (tertiary/aromatic N) is 1. The summed E-state index contributed by atoms with van der Waals surface area (Å²) in [7, 11) is 0. The zero-order valence-corrected chi connectivity index (χ0v) is 9.88. The van der Waals surface area contributed by atoms with Gasteiger partial charge < -0.3 is 9.52 Å². The summed E-state index contributed by atoms with van der Waals surface area (Å²) in [6.07, 6.45) is 3.73. The highest BCUT2D eigenvalue weighted by atomic mass is 16.4. The Morgan fingerprint density at radius 3 is 2.88 bits per heavy atom. The molecule has 0 amide bonds. The van der Waals surface area contributed by atoms with Crippen LogP contribution in [0.4, 0.5) is 0 Å². The van der Waals surface area contributed by atoms with Crippen LogP contribution in [0.1, 0.15) is 31.9 Å². The Morgan fingerprint density at radius 2 is 2.24 bits per heavy atom. The van der Waals surface area contributed by atoms with Crippen molar-refractivity contribution in [2.45, 2.75) is 26.2 Å². The Labute approximate surface area is 99.3 Å². The predicted octanol–water partition coefficient (Wildman–Crippen LogP) is 3.04. The first kappa shape index (κ1) is 11.6. The number of rotatable bonds is 4. The average molecular weight is 233 g/mol. The lowest BCUT2D eigenvalue weighted by atomic mass is 9.92. The molecular formula is C13H15NO3. The zero-order valence-electron chi connectivity index (χ0n) is 9.88. The van der Waals surface area contributed by atoms with Crippen LogP contribution in [0.2, 0.25) is 0 Å². The van der Waals surface area contributed by atoms with E-state index in [1.165, 1.54) is 0 Å². The first-order chi connectivity index (χ1) is 8.09. The van der Waals surface area contributed by atoms with Gasteiger partial charge in [0.1, 0.15) is 5.58 Å². The molecule has 0 spiro atoms. The van der Waals surface area contributed by atoms with E-state index in [0.717, 1.165) is 5.39 Å². The van der Waals surface area contributed by atoms with Crippen LogP contribution in [0.25, 0.3) is 11.0 Å². The van der Waals surface area contributed by atoms with Crippen molar-refractivity contribution in [1.82, 2.24) is 4.98 Å². The molecule has 17 heavy (non-hydrogen) atoms. The third-order valence-corrected chi connectivity index (χ3v) is 2.75. The molecule has 0 aliphatic rings. The lowest BCUT2D eigenvalue weighted by molar-refractivity contribution is -0.139. The minimum absolute atomic E-state index is 0.306. The lowest BCUT2D eigenvalue weighted by Crippen LogP contribution is -2.15. The lowest BCUT2D eigenvalue weighted by Gasteiger charge is -2.14. The van der Waals surface area contributed by atoms with Gasteiger partial charge in [0, 0.05) is 11.6 Å². The molecule has 0 aliphatic carbocycles. The third-order valence-electron chi connectivity index (χ3n) is 2.75. The molecule has 0 saturated carbocycles. The van der Waals surface area contributed by atoms with Gasteiger partial charge in [0.15, 0.2) is 0 Å². The first-order valence-corrected chi connectivity index (χ1v) is 5.64. The maximum atomic E-state index is 11.3. The van der Waals surface area contributed by atoms with E-state index in [1.54, 1.807) is 24.6 Å². The minimum atomic E-state index is -0.833. The maximum absolute atomic E-state index is 11.3. The molecule has 2 rings (SSSR count). The van der Waals surface area contributed by atoms with Gasteiger partial charge in [-0.15, -0.1) is 0 Å². The number of fused-ring (bicyclic) bond motifs is 1. The van der Waals surface area contributed by atoms with Crippen LogP contribution in [-0.4, -0.2) is 16.1 Å². The Bertz CT molecular complexity index is 530. The Hall–Kier alpha value is -1.84. The van der Waals surface area contributed by atoms with E-state index in [1.807, 2.05) is 13.8 Å². The van der Waals surface area contributed by atoms with Crippen LogP contribution in [0, 0.1) is 5.92 Å². The topological polar surface area (TPSA) is 63.3 Å². The molecule has 1 atom stereocenters. The molecule has 1 N–H and O–H groups in total. The van der Waals surface area contributed by atoms with Gasteiger partial charge in [-0.2, -0.15) is 0 Å². The highest BCUT2D eigenvalue weighted by Crippen LogP contribution is 2.29. The molecule has 2 heterocycles. The summed E-state index contributed by atoms with van der Waals surface area (Å²) in [5.74, 6) is -1.10. The van der Waals surface area contributed by atoms with Crippen molar-refractivity contribution in [3.8, 4) is 0 Å². The molecule has 4 nitrogen and oxygen atoms in total. The smallest absolute Gasteiger partial charge is 0.312 e. The van der Waals surface area contributed by atoms with E-state index in [2.05, 4.69) is 4.98 Å². The van der Waals surface area contributed by atoms with Crippen molar-refractivity contribution in [3.05, 3.63) is 30.3 Å². The van der Waals surface area contributed by atoms with Crippen molar-refractivity contribution >= 4 is 16.9 Å². The van der Waals surface area contributed by atoms with E-state index in [4.69, 9.17) is 4.42 Å². The van der Waals surface area contributed by atoms with Crippen LogP contribution in [0.3, 0.4) is 0 Å². The van der Waals surface area contributed by atoms with Crippen LogP contribution in [0.5, 0.6) is 0 Å². The molecule has 4 heteroatoms. The molecule has 1 unspecified atom stereocenters. The predicted molar refractivity (Wildman–Crippen MR) is 63.8 cm³/mol. The van der Waals surface area contributed by atoms with E-state index in [9.17, 15) is 9.90 Å². The summed E-state index contributed by atoms with van der Waals surface area (Å²) >= 11 is 0. The maximum Gasteiger partial charge on any atom is 0.312 e. The second kappa shape index (κ2) is 4.57. The number of carbonyl (C=O) groups is 1. The normalized spacial score (nSPS) is 13.1. The molecule has 0 bridgehead atoms. The second-order valence-corrected chi connectivity index (χ2v) is 4.55. The van der Waals surface area contributed by atoms with E-state index >= 15 is 0 Å². The van der Waals surface area contributed by atoms with Gasteiger partial charge in [0.25, 0.3) is 0 Å². The summed E-state index contributed by atoms with van der Waals surface area (Å²) < 4.78 is 5.26. The van der Waals surface area contributed by atoms with E-state index in [0.29, 0.717) is 23.6 Å². The van der Waals surface area contributed by atoms with Crippen LogP contribution >= 0.6 is 0 Å². The monoisotopic (exact) mass is 233 g/mol. The quantitative estimate of drug-likeness (QED) is 0.881. The summed E-state index contributed by atoms with van der Waals surface area (Å²) in [4.78, 5) is 15.5. The Morgan fingerprint density at radius 1 is 1.47 bits per heavy atom. The largest absolute Gasteiger partial charge is 0.481 e. The highest BCUT2D eigenvalue weighted by Gasteiger charge is 2.24. The van der Waals surface area contributed by atoms with Crippen molar-refractivity contribution < 1.29 is 14.3 Å². The van der Waals surface area contributed by atoms with E-state index < -0.39 is 11.9 Å². The Balaban J connectivity index is 2.48. The van der Waals surface area contributed by atoms with Gasteiger partial charge in [-0.1, -0.05) is 13.8 Å². The summed E-state index contributed by atoms with van der Waals surface area (Å²) in [6, 6.07) is 3.51. The summed E-state index contributed by atoms with van der Waals surface area (Å²) in [6.45, 7) is 4.01. The van der Waals surface area contributed by atoms with Gasteiger partial charge in [-0.3, -0.25) is 9.78 Å². The standard InChI is InChI=1S/C13H15NO3/c1-8(2)7-10(13(15)16)12-9-4-6-17-11(9)3-5-14-12/h3-6,8,10H,7H2,1-2H3,(H,15,16). The van der Waals surface area contributed by atoms with Crippen LogP contribution in [-0.2, 0) is 4.79 Å². The number of furan rings is 1. The fraction of sp³-hybridized carbons (Fsp3) is 0.385. The first-order valence-electron chi connectivity index (χ1n) is 5.64. The fourth-order valence-corrected chi connectivity index (χ4v) is 1.99. The van der Waals surface area contributed by atoms with Gasteiger partial charge in [-0.25, -0.2) is 0 Å². The molecule has 0 radical (unpaired) electrons. The molecule has 0 aromatic carbocycles. The molecule has 2 aromatic rings. The van der Waals surface area contributed by atoms with Crippen LogP contribution < -0.4 is 0 Å². The number of aromatic nitrogens is 1. The number of carboxylic acids is 1.